The van der Waals surface area contributed by atoms with Gasteiger partial charge in [-0.2, -0.15) is 0 Å². The fraction of sp³-hybridized carbons (Fsp3) is 0.176. The van der Waals surface area contributed by atoms with E-state index in [1.807, 2.05) is 6.07 Å². The van der Waals surface area contributed by atoms with Crippen LogP contribution in [0.3, 0.4) is 0 Å². The molecule has 0 N–H and O–H groups in total. The van der Waals surface area contributed by atoms with E-state index >= 15 is 0 Å². The third-order valence-electron chi connectivity index (χ3n) is 3.45. The van der Waals surface area contributed by atoms with Crippen molar-refractivity contribution in [3.63, 3.8) is 0 Å². The summed E-state index contributed by atoms with van der Waals surface area (Å²) in [5.41, 5.74) is 1.22. The van der Waals surface area contributed by atoms with E-state index < -0.39 is 0 Å². The number of amides is 1. The largest absolute Gasteiger partial charge is 0.496 e. The van der Waals surface area contributed by atoms with Gasteiger partial charge in [-0.15, -0.1) is 11.3 Å². The Hall–Kier alpha value is -2.31. The maximum Gasteiger partial charge on any atom is 0.273 e. The van der Waals surface area contributed by atoms with Crippen LogP contribution in [0.25, 0.3) is 10.8 Å². The number of halogens is 1. The summed E-state index contributed by atoms with van der Waals surface area (Å²) in [6, 6.07) is 8.93. The highest BCUT2D eigenvalue weighted by molar-refractivity contribution is 7.13. The number of aromatic nitrogens is 1. The number of ether oxygens (including phenoxy) is 1. The Labute approximate surface area is 148 Å². The zero-order valence-electron chi connectivity index (χ0n) is 13.2. The van der Waals surface area contributed by atoms with Gasteiger partial charge in [0.25, 0.3) is 5.91 Å². The first kappa shape index (κ1) is 16.5. The van der Waals surface area contributed by atoms with Crippen LogP contribution in [0.4, 0.5) is 0 Å². The molecule has 1 aromatic carbocycles. The normalized spacial score (nSPS) is 10.6. The number of carbonyl (C=O) groups is 1. The van der Waals surface area contributed by atoms with Crippen LogP contribution in [0.2, 0.25) is 5.02 Å². The van der Waals surface area contributed by atoms with Crippen LogP contribution in [0.1, 0.15) is 16.1 Å². The van der Waals surface area contributed by atoms with Gasteiger partial charge in [-0.05, 0) is 30.3 Å². The summed E-state index contributed by atoms with van der Waals surface area (Å²) < 4.78 is 10.6. The van der Waals surface area contributed by atoms with Crippen molar-refractivity contribution in [2.75, 3.05) is 14.2 Å². The summed E-state index contributed by atoms with van der Waals surface area (Å²) in [6.45, 7) is 0.371. The molecule has 0 unspecified atom stereocenters. The van der Waals surface area contributed by atoms with Crippen molar-refractivity contribution in [3.05, 3.63) is 58.3 Å². The molecule has 24 heavy (non-hydrogen) atoms. The lowest BCUT2D eigenvalue weighted by molar-refractivity contribution is 0.0779. The van der Waals surface area contributed by atoms with Gasteiger partial charge in [0.2, 0.25) is 0 Å². The summed E-state index contributed by atoms with van der Waals surface area (Å²) >= 11 is 7.41. The number of methoxy groups -OCH3 is 1. The minimum absolute atomic E-state index is 0.175. The number of benzene rings is 1. The van der Waals surface area contributed by atoms with Gasteiger partial charge in [0.15, 0.2) is 10.8 Å². The second-order valence-electron chi connectivity index (χ2n) is 5.13. The predicted octanol–water partition coefficient (Wildman–Crippen LogP) is 4.34. The Morgan fingerprint density at radius 1 is 1.42 bits per heavy atom. The average Bonchev–Trinajstić information content (AvgIpc) is 3.25. The molecule has 7 heteroatoms. The number of thiazole rings is 1. The molecular weight excluding hydrogens is 348 g/mol. The van der Waals surface area contributed by atoms with Gasteiger partial charge in [0.1, 0.15) is 11.4 Å². The van der Waals surface area contributed by atoms with Crippen molar-refractivity contribution in [1.29, 1.82) is 0 Å². The number of carbonyl (C=O) groups excluding carboxylic acids is 1. The molecule has 0 saturated carbocycles. The first-order valence-electron chi connectivity index (χ1n) is 7.15. The van der Waals surface area contributed by atoms with Gasteiger partial charge in [-0.25, -0.2) is 4.98 Å². The molecule has 2 heterocycles. The molecule has 0 saturated heterocycles. The topological polar surface area (TPSA) is 55.6 Å². The molecule has 124 valence electrons. The summed E-state index contributed by atoms with van der Waals surface area (Å²) in [7, 11) is 3.30. The van der Waals surface area contributed by atoms with Crippen LogP contribution >= 0.6 is 22.9 Å². The number of hydrogen-bond donors (Lipinski definition) is 0. The van der Waals surface area contributed by atoms with Gasteiger partial charge in [-0.3, -0.25) is 4.79 Å². The smallest absolute Gasteiger partial charge is 0.273 e. The van der Waals surface area contributed by atoms with E-state index in [9.17, 15) is 4.79 Å². The van der Waals surface area contributed by atoms with Crippen LogP contribution in [0, 0.1) is 0 Å². The van der Waals surface area contributed by atoms with Crippen LogP contribution < -0.4 is 4.74 Å². The van der Waals surface area contributed by atoms with Crippen LogP contribution in [0.5, 0.6) is 5.75 Å². The van der Waals surface area contributed by atoms with E-state index in [4.69, 9.17) is 20.8 Å². The molecule has 3 rings (SSSR count). The molecule has 0 atom stereocenters. The van der Waals surface area contributed by atoms with Gasteiger partial charge in [0, 0.05) is 29.6 Å². The second-order valence-corrected chi connectivity index (χ2v) is 6.43. The predicted molar refractivity (Wildman–Crippen MR) is 93.6 cm³/mol. The lowest BCUT2D eigenvalue weighted by Crippen LogP contribution is -2.26. The fourth-order valence-electron chi connectivity index (χ4n) is 2.28. The Morgan fingerprint density at radius 3 is 2.96 bits per heavy atom. The summed E-state index contributed by atoms with van der Waals surface area (Å²) in [5, 5.41) is 3.00. The highest BCUT2D eigenvalue weighted by Gasteiger charge is 2.18. The molecule has 0 spiro atoms. The monoisotopic (exact) mass is 362 g/mol. The van der Waals surface area contributed by atoms with Crippen molar-refractivity contribution >= 4 is 28.8 Å². The zero-order chi connectivity index (χ0) is 17.1. The molecular formula is C17H15ClN2O3S. The third-order valence-corrected chi connectivity index (χ3v) is 4.54. The Morgan fingerprint density at radius 2 is 2.25 bits per heavy atom. The Bertz CT molecular complexity index is 845. The standard InChI is InChI=1S/C17H15ClN2O3S/c1-20(9-11-8-12(18)5-6-14(11)22-2)17(21)13-10-24-16(19-13)15-4-3-7-23-15/h3-8,10H,9H2,1-2H3. The van der Waals surface area contributed by atoms with Crippen LogP contribution in [-0.4, -0.2) is 29.9 Å². The summed E-state index contributed by atoms with van der Waals surface area (Å²) in [5.74, 6) is 1.16. The van der Waals surface area contributed by atoms with Gasteiger partial charge in [-0.1, -0.05) is 11.6 Å². The first-order chi connectivity index (χ1) is 11.6. The first-order valence-corrected chi connectivity index (χ1v) is 8.41. The highest BCUT2D eigenvalue weighted by atomic mass is 35.5. The number of furan rings is 1. The zero-order valence-corrected chi connectivity index (χ0v) is 14.7. The van der Waals surface area contributed by atoms with Crippen LogP contribution in [-0.2, 0) is 6.54 Å². The Balaban J connectivity index is 1.77. The minimum atomic E-state index is -0.175. The minimum Gasteiger partial charge on any atom is -0.496 e. The highest BCUT2D eigenvalue weighted by Crippen LogP contribution is 2.26. The number of rotatable bonds is 5. The van der Waals surface area contributed by atoms with Crippen LogP contribution in [0.15, 0.2) is 46.4 Å². The Kier molecular flexibility index (Phi) is 4.87. The van der Waals surface area contributed by atoms with Gasteiger partial charge < -0.3 is 14.1 Å². The fourth-order valence-corrected chi connectivity index (χ4v) is 3.23. The summed E-state index contributed by atoms with van der Waals surface area (Å²) in [4.78, 5) is 18.5. The molecule has 0 radical (unpaired) electrons. The molecule has 0 bridgehead atoms. The lowest BCUT2D eigenvalue weighted by atomic mass is 10.2. The quantitative estimate of drug-likeness (QED) is 0.677. The maximum absolute atomic E-state index is 12.6. The van der Waals surface area contributed by atoms with E-state index in [-0.39, 0.29) is 5.91 Å². The third kappa shape index (κ3) is 3.44. The van der Waals surface area contributed by atoms with Gasteiger partial charge >= 0.3 is 0 Å². The van der Waals surface area contributed by atoms with E-state index in [1.165, 1.54) is 11.3 Å². The van der Waals surface area contributed by atoms with E-state index in [1.54, 1.807) is 55.0 Å². The SMILES string of the molecule is COc1ccc(Cl)cc1CN(C)C(=O)c1csc(-c2ccco2)n1. The maximum atomic E-state index is 12.6. The number of nitrogens with zero attached hydrogens (tertiary/aromatic N) is 2. The lowest BCUT2D eigenvalue weighted by Gasteiger charge is -2.18. The van der Waals surface area contributed by atoms with Gasteiger partial charge in [0.05, 0.1) is 13.4 Å². The summed E-state index contributed by atoms with van der Waals surface area (Å²) in [6.07, 6.45) is 1.58. The molecule has 3 aromatic rings. The molecule has 5 nitrogen and oxygen atoms in total. The molecule has 0 aliphatic heterocycles. The number of hydrogen-bond acceptors (Lipinski definition) is 5. The van der Waals surface area contributed by atoms with E-state index in [2.05, 4.69) is 4.98 Å². The van der Waals surface area contributed by atoms with Crippen molar-refractivity contribution in [3.8, 4) is 16.5 Å². The van der Waals surface area contributed by atoms with Crippen molar-refractivity contribution in [1.82, 2.24) is 9.88 Å². The van der Waals surface area contributed by atoms with Crippen molar-refractivity contribution in [2.45, 2.75) is 6.54 Å². The molecule has 1 amide bonds. The molecule has 0 aliphatic carbocycles. The van der Waals surface area contributed by atoms with E-state index in [0.29, 0.717) is 33.8 Å². The van der Waals surface area contributed by atoms with Crippen molar-refractivity contribution < 1.29 is 13.9 Å². The molecule has 0 fully saturated rings. The molecule has 0 aliphatic rings. The van der Waals surface area contributed by atoms with Crippen molar-refractivity contribution in [2.24, 2.45) is 0 Å². The average molecular weight is 363 g/mol. The second kappa shape index (κ2) is 7.07. The molecule has 2 aromatic heterocycles. The van der Waals surface area contributed by atoms with E-state index in [0.717, 1.165) is 5.56 Å².